The van der Waals surface area contributed by atoms with E-state index in [4.69, 9.17) is 4.74 Å². The van der Waals surface area contributed by atoms with Crippen LogP contribution in [0, 0.1) is 12.8 Å². The maximum absolute atomic E-state index is 5.75. The van der Waals surface area contributed by atoms with Crippen LogP contribution in [0.5, 0.6) is 5.88 Å². The molecule has 0 saturated heterocycles. The predicted octanol–water partition coefficient (Wildman–Crippen LogP) is 5.74. The van der Waals surface area contributed by atoms with Crippen molar-refractivity contribution in [2.24, 2.45) is 5.92 Å². The van der Waals surface area contributed by atoms with Gasteiger partial charge >= 0.3 is 0 Å². The van der Waals surface area contributed by atoms with Crippen LogP contribution < -0.4 is 4.74 Å². The molecule has 0 atom stereocenters. The SMILES string of the molecule is CC.Cc1cc(OCCCCC(C)C)nc(C(C)C)c1. The molecule has 0 radical (unpaired) electrons. The molecule has 0 aliphatic carbocycles. The van der Waals surface area contributed by atoms with Crippen molar-refractivity contribution in [1.82, 2.24) is 4.98 Å². The summed E-state index contributed by atoms with van der Waals surface area (Å²) in [7, 11) is 0. The Kier molecular flexibility index (Phi) is 10.1. The lowest BCUT2D eigenvalue weighted by molar-refractivity contribution is 0.289. The average molecular weight is 279 g/mol. The number of nitrogens with zero attached hydrogens (tertiary/aromatic N) is 1. The molecule has 0 bridgehead atoms. The molecule has 0 unspecified atom stereocenters. The molecule has 0 N–H and O–H groups in total. The minimum absolute atomic E-state index is 0.452. The first-order valence-corrected chi connectivity index (χ1v) is 8.10. The van der Waals surface area contributed by atoms with Gasteiger partial charge in [0.25, 0.3) is 0 Å². The molecule has 0 amide bonds. The van der Waals surface area contributed by atoms with Crippen molar-refractivity contribution in [2.75, 3.05) is 6.61 Å². The number of aromatic nitrogens is 1. The van der Waals surface area contributed by atoms with Crippen LogP contribution in [0.3, 0.4) is 0 Å². The molecule has 0 aromatic carbocycles. The van der Waals surface area contributed by atoms with Crippen LogP contribution in [0.2, 0.25) is 0 Å². The third kappa shape index (κ3) is 8.19. The van der Waals surface area contributed by atoms with Gasteiger partial charge in [-0.2, -0.15) is 0 Å². The molecule has 0 fully saturated rings. The molecule has 2 heteroatoms. The number of hydrogen-bond donors (Lipinski definition) is 0. The standard InChI is InChI=1S/C16H27NO.C2H6/c1-12(2)8-6-7-9-18-16-11-14(5)10-15(17-16)13(3)4;1-2/h10-13H,6-9H2,1-5H3;1-2H3. The number of rotatable bonds is 7. The summed E-state index contributed by atoms with van der Waals surface area (Å²) in [4.78, 5) is 4.54. The third-order valence-corrected chi connectivity index (χ3v) is 2.98. The molecule has 1 heterocycles. The summed E-state index contributed by atoms with van der Waals surface area (Å²) >= 11 is 0. The second-order valence-corrected chi connectivity index (χ2v) is 5.80. The summed E-state index contributed by atoms with van der Waals surface area (Å²) in [5.41, 5.74) is 2.35. The van der Waals surface area contributed by atoms with Crippen LogP contribution in [0.15, 0.2) is 12.1 Å². The van der Waals surface area contributed by atoms with Gasteiger partial charge in [0.05, 0.1) is 6.61 Å². The minimum Gasteiger partial charge on any atom is -0.478 e. The van der Waals surface area contributed by atoms with E-state index in [0.717, 1.165) is 30.5 Å². The van der Waals surface area contributed by atoms with Crippen molar-refractivity contribution >= 4 is 0 Å². The summed E-state index contributed by atoms with van der Waals surface area (Å²) in [5, 5.41) is 0. The molecule has 0 spiro atoms. The molecule has 0 saturated carbocycles. The highest BCUT2D eigenvalue weighted by Crippen LogP contribution is 2.18. The number of ether oxygens (including phenoxy) is 1. The lowest BCUT2D eigenvalue weighted by Crippen LogP contribution is -2.03. The summed E-state index contributed by atoms with van der Waals surface area (Å²) in [5.74, 6) is 2.02. The summed E-state index contributed by atoms with van der Waals surface area (Å²) in [6.45, 7) is 15.7. The molecular formula is C18H33NO. The largest absolute Gasteiger partial charge is 0.478 e. The van der Waals surface area contributed by atoms with Crippen LogP contribution in [0.4, 0.5) is 0 Å². The molecule has 1 aromatic rings. The van der Waals surface area contributed by atoms with Gasteiger partial charge in [-0.1, -0.05) is 48.0 Å². The van der Waals surface area contributed by atoms with Crippen molar-refractivity contribution in [2.45, 2.75) is 73.6 Å². The molecular weight excluding hydrogens is 246 g/mol. The number of aryl methyl sites for hydroxylation is 1. The van der Waals surface area contributed by atoms with Gasteiger partial charge in [0, 0.05) is 11.8 Å². The lowest BCUT2D eigenvalue weighted by atomic mass is 10.1. The van der Waals surface area contributed by atoms with Gasteiger partial charge in [0.2, 0.25) is 5.88 Å². The zero-order valence-corrected chi connectivity index (χ0v) is 14.5. The van der Waals surface area contributed by atoms with E-state index in [1.54, 1.807) is 0 Å². The van der Waals surface area contributed by atoms with Gasteiger partial charge in [-0.3, -0.25) is 0 Å². The zero-order valence-electron chi connectivity index (χ0n) is 14.5. The monoisotopic (exact) mass is 279 g/mol. The van der Waals surface area contributed by atoms with E-state index < -0.39 is 0 Å². The van der Waals surface area contributed by atoms with E-state index in [2.05, 4.69) is 45.7 Å². The van der Waals surface area contributed by atoms with E-state index in [9.17, 15) is 0 Å². The van der Waals surface area contributed by atoms with E-state index >= 15 is 0 Å². The normalized spacial score (nSPS) is 10.4. The van der Waals surface area contributed by atoms with E-state index in [1.807, 2.05) is 19.9 Å². The maximum Gasteiger partial charge on any atom is 0.213 e. The molecule has 0 aliphatic heterocycles. The molecule has 1 rings (SSSR count). The fraction of sp³-hybridized carbons (Fsp3) is 0.722. The quantitative estimate of drug-likeness (QED) is 0.593. The van der Waals surface area contributed by atoms with E-state index in [-0.39, 0.29) is 0 Å². The molecule has 116 valence electrons. The Balaban J connectivity index is 0.00000172. The molecule has 1 aromatic heterocycles. The van der Waals surface area contributed by atoms with Crippen molar-refractivity contribution < 1.29 is 4.74 Å². The summed E-state index contributed by atoms with van der Waals surface area (Å²) in [6.07, 6.45) is 3.63. The highest BCUT2D eigenvalue weighted by molar-refractivity contribution is 5.25. The smallest absolute Gasteiger partial charge is 0.213 e. The summed E-state index contributed by atoms with van der Waals surface area (Å²) in [6, 6.07) is 4.16. The third-order valence-electron chi connectivity index (χ3n) is 2.98. The maximum atomic E-state index is 5.75. The second kappa shape index (κ2) is 10.7. The Morgan fingerprint density at radius 1 is 1.05 bits per heavy atom. The van der Waals surface area contributed by atoms with Gasteiger partial charge in [-0.25, -0.2) is 4.98 Å². The Labute approximate surface area is 126 Å². The Morgan fingerprint density at radius 3 is 2.25 bits per heavy atom. The molecule has 20 heavy (non-hydrogen) atoms. The highest BCUT2D eigenvalue weighted by Gasteiger charge is 2.05. The zero-order chi connectivity index (χ0) is 15.5. The molecule has 2 nitrogen and oxygen atoms in total. The lowest BCUT2D eigenvalue weighted by Gasteiger charge is -2.11. The highest BCUT2D eigenvalue weighted by atomic mass is 16.5. The number of pyridine rings is 1. The predicted molar refractivity (Wildman–Crippen MR) is 88.6 cm³/mol. The fourth-order valence-electron chi connectivity index (χ4n) is 1.86. The number of hydrogen-bond acceptors (Lipinski definition) is 2. The van der Waals surface area contributed by atoms with Gasteiger partial charge in [0.15, 0.2) is 0 Å². The second-order valence-electron chi connectivity index (χ2n) is 5.80. The average Bonchev–Trinajstić information content (AvgIpc) is 2.39. The minimum atomic E-state index is 0.452. The van der Waals surface area contributed by atoms with Crippen LogP contribution in [0.25, 0.3) is 0 Å². The van der Waals surface area contributed by atoms with Crippen LogP contribution in [-0.4, -0.2) is 11.6 Å². The van der Waals surface area contributed by atoms with Gasteiger partial charge in [-0.15, -0.1) is 0 Å². The van der Waals surface area contributed by atoms with Gasteiger partial charge < -0.3 is 4.74 Å². The van der Waals surface area contributed by atoms with Crippen LogP contribution >= 0.6 is 0 Å². The Morgan fingerprint density at radius 2 is 1.70 bits per heavy atom. The number of unbranched alkanes of at least 4 members (excludes halogenated alkanes) is 1. The van der Waals surface area contributed by atoms with E-state index in [1.165, 1.54) is 18.4 Å². The van der Waals surface area contributed by atoms with E-state index in [0.29, 0.717) is 5.92 Å². The van der Waals surface area contributed by atoms with Crippen LogP contribution in [-0.2, 0) is 0 Å². The Bertz CT molecular complexity index is 358. The van der Waals surface area contributed by atoms with Crippen molar-refractivity contribution in [3.8, 4) is 5.88 Å². The topological polar surface area (TPSA) is 22.1 Å². The van der Waals surface area contributed by atoms with Gasteiger partial charge in [-0.05, 0) is 43.2 Å². The first-order valence-electron chi connectivity index (χ1n) is 8.10. The van der Waals surface area contributed by atoms with Crippen molar-refractivity contribution in [1.29, 1.82) is 0 Å². The first-order chi connectivity index (χ1) is 9.49. The molecule has 0 aliphatic rings. The first kappa shape index (κ1) is 18.9. The van der Waals surface area contributed by atoms with Gasteiger partial charge in [0.1, 0.15) is 0 Å². The fourth-order valence-corrected chi connectivity index (χ4v) is 1.86. The van der Waals surface area contributed by atoms with Crippen LogP contribution in [0.1, 0.15) is 78.0 Å². The summed E-state index contributed by atoms with van der Waals surface area (Å²) < 4.78 is 5.75. The Hall–Kier alpha value is -1.05. The van der Waals surface area contributed by atoms with Crippen molar-refractivity contribution in [3.63, 3.8) is 0 Å². The van der Waals surface area contributed by atoms with Crippen molar-refractivity contribution in [3.05, 3.63) is 23.4 Å².